The minimum atomic E-state index is -0.820. The summed E-state index contributed by atoms with van der Waals surface area (Å²) in [6.45, 7) is 0.952. The van der Waals surface area contributed by atoms with Gasteiger partial charge in [-0.1, -0.05) is 30.3 Å². The molecule has 1 heterocycles. The quantitative estimate of drug-likeness (QED) is 0.822. The van der Waals surface area contributed by atoms with Gasteiger partial charge in [-0.2, -0.15) is 5.10 Å². The summed E-state index contributed by atoms with van der Waals surface area (Å²) >= 11 is 0. The number of rotatable bonds is 6. The van der Waals surface area contributed by atoms with Gasteiger partial charge >= 0.3 is 5.97 Å². The minimum absolute atomic E-state index is 0.385. The minimum Gasteiger partial charge on any atom is -0.481 e. The van der Waals surface area contributed by atoms with Crippen molar-refractivity contribution in [3.05, 3.63) is 53.9 Å². The SMILES string of the molecule is Cn1ccc(CNCC(C(=O)O)c2ccccc2)n1. The van der Waals surface area contributed by atoms with Crippen LogP contribution in [0.1, 0.15) is 17.2 Å². The van der Waals surface area contributed by atoms with Gasteiger partial charge in [-0.15, -0.1) is 0 Å². The maximum absolute atomic E-state index is 11.3. The van der Waals surface area contributed by atoms with Crippen LogP contribution in [0.2, 0.25) is 0 Å². The van der Waals surface area contributed by atoms with Crippen molar-refractivity contribution in [2.24, 2.45) is 7.05 Å². The third kappa shape index (κ3) is 3.66. The molecule has 0 saturated heterocycles. The highest BCUT2D eigenvalue weighted by Crippen LogP contribution is 2.14. The summed E-state index contributed by atoms with van der Waals surface area (Å²) < 4.78 is 1.73. The lowest BCUT2D eigenvalue weighted by atomic mass is 9.99. The number of hydrogen-bond donors (Lipinski definition) is 2. The third-order valence-electron chi connectivity index (χ3n) is 2.92. The molecular weight excluding hydrogens is 242 g/mol. The first kappa shape index (κ1) is 13.3. The highest BCUT2D eigenvalue weighted by molar-refractivity contribution is 5.76. The number of hydrogen-bond acceptors (Lipinski definition) is 3. The lowest BCUT2D eigenvalue weighted by molar-refractivity contribution is -0.138. The molecule has 0 spiro atoms. The summed E-state index contributed by atoms with van der Waals surface area (Å²) in [4.78, 5) is 11.3. The summed E-state index contributed by atoms with van der Waals surface area (Å²) in [5.74, 6) is -1.36. The van der Waals surface area contributed by atoms with Gasteiger partial charge in [0.25, 0.3) is 0 Å². The Balaban J connectivity index is 1.93. The molecule has 2 rings (SSSR count). The van der Waals surface area contributed by atoms with Crippen molar-refractivity contribution in [2.75, 3.05) is 6.54 Å². The van der Waals surface area contributed by atoms with Crippen LogP contribution in [-0.4, -0.2) is 27.4 Å². The molecule has 0 radical (unpaired) electrons. The number of carboxylic acids is 1. The molecule has 5 heteroatoms. The molecule has 5 nitrogen and oxygen atoms in total. The van der Waals surface area contributed by atoms with E-state index in [0.717, 1.165) is 11.3 Å². The van der Waals surface area contributed by atoms with Crippen molar-refractivity contribution in [1.82, 2.24) is 15.1 Å². The van der Waals surface area contributed by atoms with E-state index >= 15 is 0 Å². The van der Waals surface area contributed by atoms with Crippen LogP contribution in [0.5, 0.6) is 0 Å². The Kier molecular flexibility index (Phi) is 4.30. The lowest BCUT2D eigenvalue weighted by Gasteiger charge is -2.13. The Morgan fingerprint density at radius 3 is 2.68 bits per heavy atom. The molecule has 0 aliphatic heterocycles. The molecule has 0 aliphatic rings. The van der Waals surface area contributed by atoms with Gasteiger partial charge in [0.15, 0.2) is 0 Å². The fraction of sp³-hybridized carbons (Fsp3) is 0.286. The molecule has 100 valence electrons. The number of nitrogens with zero attached hydrogens (tertiary/aromatic N) is 2. The van der Waals surface area contributed by atoms with Gasteiger partial charge in [-0.3, -0.25) is 9.48 Å². The molecular formula is C14H17N3O2. The standard InChI is InChI=1S/C14H17N3O2/c1-17-8-7-12(16-17)9-15-10-13(14(18)19)11-5-3-2-4-6-11/h2-8,13,15H,9-10H2,1H3,(H,18,19). The van der Waals surface area contributed by atoms with Crippen LogP contribution < -0.4 is 5.32 Å². The van der Waals surface area contributed by atoms with E-state index in [0.29, 0.717) is 13.1 Å². The highest BCUT2D eigenvalue weighted by Gasteiger charge is 2.18. The largest absolute Gasteiger partial charge is 0.481 e. The number of nitrogens with one attached hydrogen (secondary N) is 1. The van der Waals surface area contributed by atoms with Crippen LogP contribution in [-0.2, 0) is 18.4 Å². The Morgan fingerprint density at radius 1 is 1.37 bits per heavy atom. The van der Waals surface area contributed by atoms with Gasteiger partial charge in [0.05, 0.1) is 11.6 Å². The monoisotopic (exact) mass is 259 g/mol. The van der Waals surface area contributed by atoms with Gasteiger partial charge in [0.2, 0.25) is 0 Å². The second-order valence-electron chi connectivity index (χ2n) is 4.41. The van der Waals surface area contributed by atoms with E-state index in [-0.39, 0.29) is 0 Å². The summed E-state index contributed by atoms with van der Waals surface area (Å²) in [7, 11) is 1.85. The number of carboxylic acid groups (broad SMARTS) is 1. The third-order valence-corrected chi connectivity index (χ3v) is 2.92. The van der Waals surface area contributed by atoms with E-state index in [1.54, 1.807) is 4.68 Å². The highest BCUT2D eigenvalue weighted by atomic mass is 16.4. The number of aromatic nitrogens is 2. The second kappa shape index (κ2) is 6.15. The van der Waals surface area contributed by atoms with Crippen LogP contribution in [0.3, 0.4) is 0 Å². The zero-order valence-electron chi connectivity index (χ0n) is 10.8. The molecule has 0 aliphatic carbocycles. The number of aliphatic carboxylic acids is 1. The van der Waals surface area contributed by atoms with E-state index in [9.17, 15) is 9.90 Å². The van der Waals surface area contributed by atoms with Gasteiger partial charge in [-0.25, -0.2) is 0 Å². The normalized spacial score (nSPS) is 12.3. The van der Waals surface area contributed by atoms with E-state index < -0.39 is 11.9 Å². The second-order valence-corrected chi connectivity index (χ2v) is 4.41. The smallest absolute Gasteiger partial charge is 0.312 e. The molecule has 1 atom stereocenters. The molecule has 2 aromatic rings. The van der Waals surface area contributed by atoms with E-state index in [1.807, 2.05) is 49.6 Å². The Labute approximate surface area is 111 Å². The van der Waals surface area contributed by atoms with Crippen molar-refractivity contribution in [3.63, 3.8) is 0 Å². The maximum Gasteiger partial charge on any atom is 0.312 e. The zero-order valence-corrected chi connectivity index (χ0v) is 10.8. The molecule has 1 unspecified atom stereocenters. The lowest BCUT2D eigenvalue weighted by Crippen LogP contribution is -2.26. The molecule has 0 amide bonds. The van der Waals surface area contributed by atoms with Gasteiger partial charge in [-0.05, 0) is 11.6 Å². The van der Waals surface area contributed by atoms with E-state index in [2.05, 4.69) is 10.4 Å². The summed E-state index contributed by atoms with van der Waals surface area (Å²) in [6, 6.07) is 11.2. The van der Waals surface area contributed by atoms with Crippen LogP contribution in [0.4, 0.5) is 0 Å². The average Bonchev–Trinajstić information content (AvgIpc) is 2.81. The van der Waals surface area contributed by atoms with Crippen LogP contribution in [0.15, 0.2) is 42.6 Å². The summed E-state index contributed by atoms with van der Waals surface area (Å²) in [5.41, 5.74) is 1.71. The average molecular weight is 259 g/mol. The van der Waals surface area contributed by atoms with Crippen LogP contribution in [0.25, 0.3) is 0 Å². The Morgan fingerprint density at radius 2 is 2.11 bits per heavy atom. The fourth-order valence-corrected chi connectivity index (χ4v) is 1.94. The predicted octanol–water partition coefficient (Wildman–Crippen LogP) is 1.38. The molecule has 0 fully saturated rings. The summed E-state index contributed by atoms with van der Waals surface area (Å²) in [5, 5.41) is 16.6. The molecule has 0 bridgehead atoms. The maximum atomic E-state index is 11.3. The van der Waals surface area contributed by atoms with Crippen molar-refractivity contribution in [3.8, 4) is 0 Å². The van der Waals surface area contributed by atoms with Crippen LogP contribution >= 0.6 is 0 Å². The molecule has 2 N–H and O–H groups in total. The Hall–Kier alpha value is -2.14. The van der Waals surface area contributed by atoms with Gasteiger partial charge in [0, 0.05) is 26.3 Å². The van der Waals surface area contributed by atoms with Crippen molar-refractivity contribution < 1.29 is 9.90 Å². The molecule has 19 heavy (non-hydrogen) atoms. The van der Waals surface area contributed by atoms with Crippen molar-refractivity contribution in [2.45, 2.75) is 12.5 Å². The topological polar surface area (TPSA) is 67.2 Å². The predicted molar refractivity (Wildman–Crippen MR) is 71.7 cm³/mol. The fourth-order valence-electron chi connectivity index (χ4n) is 1.94. The first-order chi connectivity index (χ1) is 9.16. The molecule has 0 saturated carbocycles. The van der Waals surface area contributed by atoms with Gasteiger partial charge < -0.3 is 10.4 Å². The van der Waals surface area contributed by atoms with Crippen molar-refractivity contribution in [1.29, 1.82) is 0 Å². The molecule has 1 aromatic carbocycles. The first-order valence-electron chi connectivity index (χ1n) is 6.14. The van der Waals surface area contributed by atoms with Crippen LogP contribution in [0, 0.1) is 0 Å². The van der Waals surface area contributed by atoms with Crippen molar-refractivity contribution >= 4 is 5.97 Å². The van der Waals surface area contributed by atoms with E-state index in [4.69, 9.17) is 0 Å². The van der Waals surface area contributed by atoms with E-state index in [1.165, 1.54) is 0 Å². The zero-order chi connectivity index (χ0) is 13.7. The summed E-state index contributed by atoms with van der Waals surface area (Å²) in [6.07, 6.45) is 1.86. The number of aryl methyl sites for hydroxylation is 1. The number of carbonyl (C=O) groups is 1. The first-order valence-corrected chi connectivity index (χ1v) is 6.14. The molecule has 1 aromatic heterocycles. The Bertz CT molecular complexity index is 537. The van der Waals surface area contributed by atoms with Gasteiger partial charge in [0.1, 0.15) is 0 Å². The number of benzene rings is 1.